The van der Waals surface area contributed by atoms with Crippen LogP contribution in [0.3, 0.4) is 0 Å². The zero-order valence-corrected chi connectivity index (χ0v) is 13.1. The highest BCUT2D eigenvalue weighted by Gasteiger charge is 1.99. The summed E-state index contributed by atoms with van der Waals surface area (Å²) in [6.45, 7) is 6.05. The SMILES string of the molecule is Cc1csc(CCNCc2ccc(Br)c(C)c2)n1. The molecular weight excluding hydrogens is 308 g/mol. The molecule has 2 rings (SSSR count). The molecular formula is C14H17BrN2S. The molecule has 1 aromatic carbocycles. The summed E-state index contributed by atoms with van der Waals surface area (Å²) in [5.74, 6) is 0. The molecule has 1 heterocycles. The summed E-state index contributed by atoms with van der Waals surface area (Å²) < 4.78 is 1.17. The Morgan fingerprint density at radius 2 is 2.17 bits per heavy atom. The van der Waals surface area contributed by atoms with Crippen molar-refractivity contribution in [3.8, 4) is 0 Å². The number of nitrogens with zero attached hydrogens (tertiary/aromatic N) is 1. The zero-order valence-electron chi connectivity index (χ0n) is 10.7. The number of halogens is 1. The summed E-state index contributed by atoms with van der Waals surface area (Å²) in [4.78, 5) is 4.45. The smallest absolute Gasteiger partial charge is 0.0940 e. The lowest BCUT2D eigenvalue weighted by Gasteiger charge is -2.06. The van der Waals surface area contributed by atoms with Gasteiger partial charge < -0.3 is 5.32 Å². The highest BCUT2D eigenvalue weighted by atomic mass is 79.9. The molecule has 1 aromatic heterocycles. The Bertz CT molecular complexity index is 522. The lowest BCUT2D eigenvalue weighted by Crippen LogP contribution is -2.16. The lowest BCUT2D eigenvalue weighted by molar-refractivity contribution is 0.684. The summed E-state index contributed by atoms with van der Waals surface area (Å²) in [6, 6.07) is 6.47. The van der Waals surface area contributed by atoms with Crippen molar-refractivity contribution >= 4 is 27.3 Å². The molecule has 0 saturated heterocycles. The number of benzene rings is 1. The summed E-state index contributed by atoms with van der Waals surface area (Å²) in [6.07, 6.45) is 1.01. The number of hydrogen-bond donors (Lipinski definition) is 1. The van der Waals surface area contributed by atoms with Crippen molar-refractivity contribution in [1.29, 1.82) is 0 Å². The average molecular weight is 325 g/mol. The Balaban J connectivity index is 1.76. The third-order valence-corrected chi connectivity index (χ3v) is 4.65. The van der Waals surface area contributed by atoms with Gasteiger partial charge in [0.05, 0.1) is 5.01 Å². The van der Waals surface area contributed by atoms with E-state index in [4.69, 9.17) is 0 Å². The first-order valence-electron chi connectivity index (χ1n) is 6.02. The lowest BCUT2D eigenvalue weighted by atomic mass is 10.1. The van der Waals surface area contributed by atoms with E-state index >= 15 is 0 Å². The topological polar surface area (TPSA) is 24.9 Å². The van der Waals surface area contributed by atoms with E-state index in [0.717, 1.165) is 25.2 Å². The first-order valence-corrected chi connectivity index (χ1v) is 7.69. The molecule has 18 heavy (non-hydrogen) atoms. The standard InChI is InChI=1S/C14H17BrN2S/c1-10-7-12(3-4-13(10)15)8-16-6-5-14-17-11(2)9-18-14/h3-4,7,9,16H,5-6,8H2,1-2H3. The van der Waals surface area contributed by atoms with Crippen molar-refractivity contribution in [2.24, 2.45) is 0 Å². The molecule has 0 aliphatic rings. The van der Waals surface area contributed by atoms with Gasteiger partial charge in [0, 0.05) is 35.1 Å². The fourth-order valence-electron chi connectivity index (χ4n) is 1.76. The van der Waals surface area contributed by atoms with Crippen LogP contribution in [0.2, 0.25) is 0 Å². The maximum Gasteiger partial charge on any atom is 0.0940 e. The molecule has 0 radical (unpaired) electrons. The van der Waals surface area contributed by atoms with E-state index < -0.39 is 0 Å². The second kappa shape index (κ2) is 6.45. The second-order valence-corrected chi connectivity index (χ2v) is 6.19. The van der Waals surface area contributed by atoms with E-state index in [9.17, 15) is 0 Å². The minimum absolute atomic E-state index is 0.915. The van der Waals surface area contributed by atoms with Gasteiger partial charge in [-0.05, 0) is 31.0 Å². The number of aromatic nitrogens is 1. The van der Waals surface area contributed by atoms with Gasteiger partial charge in [0.15, 0.2) is 0 Å². The van der Waals surface area contributed by atoms with Crippen molar-refractivity contribution in [2.75, 3.05) is 6.54 Å². The van der Waals surface area contributed by atoms with Gasteiger partial charge in [0.25, 0.3) is 0 Å². The molecule has 0 fully saturated rings. The highest BCUT2D eigenvalue weighted by Crippen LogP contribution is 2.17. The first-order chi connectivity index (χ1) is 8.65. The fraction of sp³-hybridized carbons (Fsp3) is 0.357. The molecule has 1 N–H and O–H groups in total. The minimum atomic E-state index is 0.915. The van der Waals surface area contributed by atoms with Gasteiger partial charge >= 0.3 is 0 Å². The van der Waals surface area contributed by atoms with E-state index in [0.29, 0.717) is 0 Å². The third-order valence-electron chi connectivity index (χ3n) is 2.73. The third kappa shape index (κ3) is 3.90. The van der Waals surface area contributed by atoms with E-state index in [1.807, 2.05) is 6.92 Å². The van der Waals surface area contributed by atoms with Crippen LogP contribution in [0.25, 0.3) is 0 Å². The molecule has 0 atom stereocenters. The van der Waals surface area contributed by atoms with Crippen molar-refractivity contribution in [1.82, 2.24) is 10.3 Å². The van der Waals surface area contributed by atoms with Crippen LogP contribution in [-0.4, -0.2) is 11.5 Å². The maximum atomic E-state index is 4.45. The largest absolute Gasteiger partial charge is 0.312 e. The molecule has 96 valence electrons. The van der Waals surface area contributed by atoms with Gasteiger partial charge in [-0.15, -0.1) is 11.3 Å². The molecule has 0 aliphatic carbocycles. The molecule has 0 aliphatic heterocycles. The first kappa shape index (κ1) is 13.7. The van der Waals surface area contributed by atoms with Crippen molar-refractivity contribution in [3.63, 3.8) is 0 Å². The van der Waals surface area contributed by atoms with Crippen LogP contribution in [0, 0.1) is 13.8 Å². The minimum Gasteiger partial charge on any atom is -0.312 e. The predicted molar refractivity (Wildman–Crippen MR) is 81.1 cm³/mol. The van der Waals surface area contributed by atoms with Crippen LogP contribution >= 0.6 is 27.3 Å². The number of rotatable bonds is 5. The molecule has 0 saturated carbocycles. The van der Waals surface area contributed by atoms with Crippen LogP contribution < -0.4 is 5.32 Å². The zero-order chi connectivity index (χ0) is 13.0. The molecule has 0 unspecified atom stereocenters. The number of hydrogen-bond acceptors (Lipinski definition) is 3. The van der Waals surface area contributed by atoms with Crippen LogP contribution in [-0.2, 0) is 13.0 Å². The maximum absolute atomic E-state index is 4.45. The Kier molecular flexibility index (Phi) is 4.92. The second-order valence-electron chi connectivity index (χ2n) is 4.39. The van der Waals surface area contributed by atoms with E-state index in [2.05, 4.69) is 56.7 Å². The molecule has 2 nitrogen and oxygen atoms in total. The Labute approximate surface area is 121 Å². The number of thiazole rings is 1. The molecule has 0 spiro atoms. The van der Waals surface area contributed by atoms with Gasteiger partial charge in [-0.1, -0.05) is 28.1 Å². The predicted octanol–water partition coefficient (Wildman–Crippen LogP) is 3.85. The van der Waals surface area contributed by atoms with Crippen LogP contribution in [0.1, 0.15) is 21.8 Å². The van der Waals surface area contributed by atoms with Crippen molar-refractivity contribution < 1.29 is 0 Å². The van der Waals surface area contributed by atoms with Gasteiger partial charge in [-0.3, -0.25) is 0 Å². The van der Waals surface area contributed by atoms with Crippen molar-refractivity contribution in [2.45, 2.75) is 26.8 Å². The van der Waals surface area contributed by atoms with Crippen LogP contribution in [0.15, 0.2) is 28.1 Å². The fourth-order valence-corrected chi connectivity index (χ4v) is 2.78. The van der Waals surface area contributed by atoms with Crippen LogP contribution in [0.4, 0.5) is 0 Å². The Morgan fingerprint density at radius 1 is 1.33 bits per heavy atom. The molecule has 2 aromatic rings. The van der Waals surface area contributed by atoms with E-state index in [1.54, 1.807) is 11.3 Å². The summed E-state index contributed by atoms with van der Waals surface area (Å²) in [5, 5.41) is 6.78. The number of nitrogens with one attached hydrogen (secondary N) is 1. The monoisotopic (exact) mass is 324 g/mol. The molecule has 0 amide bonds. The Hall–Kier alpha value is -0.710. The summed E-state index contributed by atoms with van der Waals surface area (Å²) >= 11 is 5.26. The average Bonchev–Trinajstić information content (AvgIpc) is 2.75. The summed E-state index contributed by atoms with van der Waals surface area (Å²) in [7, 11) is 0. The van der Waals surface area contributed by atoms with E-state index in [-0.39, 0.29) is 0 Å². The normalized spacial score (nSPS) is 10.8. The quantitative estimate of drug-likeness (QED) is 0.845. The highest BCUT2D eigenvalue weighted by molar-refractivity contribution is 9.10. The van der Waals surface area contributed by atoms with Crippen LogP contribution in [0.5, 0.6) is 0 Å². The Morgan fingerprint density at radius 3 is 2.83 bits per heavy atom. The molecule has 0 bridgehead atoms. The molecule has 4 heteroatoms. The van der Waals surface area contributed by atoms with Gasteiger partial charge in [-0.2, -0.15) is 0 Å². The van der Waals surface area contributed by atoms with Gasteiger partial charge in [0.1, 0.15) is 0 Å². The van der Waals surface area contributed by atoms with Gasteiger partial charge in [-0.25, -0.2) is 4.98 Å². The van der Waals surface area contributed by atoms with Crippen molar-refractivity contribution in [3.05, 3.63) is 49.9 Å². The number of aryl methyl sites for hydroxylation is 2. The summed E-state index contributed by atoms with van der Waals surface area (Å²) in [5.41, 5.74) is 3.73. The van der Waals surface area contributed by atoms with E-state index in [1.165, 1.54) is 20.6 Å². The van der Waals surface area contributed by atoms with Gasteiger partial charge in [0.2, 0.25) is 0 Å².